The first-order valence-electron chi connectivity index (χ1n) is 6.92. The highest BCUT2D eigenvalue weighted by atomic mass is 16.5. The zero-order valence-corrected chi connectivity index (χ0v) is 10.9. The van der Waals surface area contributed by atoms with E-state index in [1.165, 1.54) is 6.42 Å². The molecule has 0 bridgehead atoms. The first-order valence-corrected chi connectivity index (χ1v) is 6.92. The number of morpholine rings is 1. The Morgan fingerprint density at radius 2 is 2.11 bits per heavy atom. The number of ether oxygens (including phenoxy) is 1. The quantitative estimate of drug-likeness (QED) is 0.843. The maximum Gasteiger partial charge on any atom is 0.176 e. The second kappa shape index (κ2) is 5.31. The van der Waals surface area contributed by atoms with Crippen molar-refractivity contribution in [3.05, 3.63) is 29.8 Å². The van der Waals surface area contributed by atoms with Gasteiger partial charge >= 0.3 is 0 Å². The second-order valence-electron chi connectivity index (χ2n) is 5.35. The molecule has 4 heteroatoms. The van der Waals surface area contributed by atoms with Gasteiger partial charge in [0.2, 0.25) is 0 Å². The largest absolute Gasteiger partial charge is 0.508 e. The van der Waals surface area contributed by atoms with Crippen LogP contribution in [-0.2, 0) is 4.74 Å². The molecule has 1 saturated heterocycles. The summed E-state index contributed by atoms with van der Waals surface area (Å²) in [5, 5.41) is 9.24. The molecule has 0 spiro atoms. The van der Waals surface area contributed by atoms with Crippen LogP contribution < -0.4 is 0 Å². The molecule has 1 heterocycles. The predicted octanol–water partition coefficient (Wildman–Crippen LogP) is 1.83. The molecule has 2 atom stereocenters. The van der Waals surface area contributed by atoms with Crippen LogP contribution >= 0.6 is 0 Å². The van der Waals surface area contributed by atoms with Crippen molar-refractivity contribution in [1.82, 2.24) is 4.90 Å². The van der Waals surface area contributed by atoms with E-state index in [9.17, 15) is 9.90 Å². The molecule has 0 aromatic heterocycles. The third kappa shape index (κ3) is 2.65. The zero-order valence-electron chi connectivity index (χ0n) is 10.9. The van der Waals surface area contributed by atoms with Gasteiger partial charge in [0.05, 0.1) is 19.3 Å². The highest BCUT2D eigenvalue weighted by Crippen LogP contribution is 2.29. The molecule has 3 rings (SSSR count). The first-order chi connectivity index (χ1) is 9.24. The van der Waals surface area contributed by atoms with Crippen LogP contribution in [0.3, 0.4) is 0 Å². The van der Waals surface area contributed by atoms with E-state index in [1.807, 2.05) is 0 Å². The summed E-state index contributed by atoms with van der Waals surface area (Å²) in [5.41, 5.74) is 0.666. The van der Waals surface area contributed by atoms with E-state index >= 15 is 0 Å². The lowest BCUT2D eigenvalue weighted by Crippen LogP contribution is -2.50. The second-order valence-corrected chi connectivity index (χ2v) is 5.35. The van der Waals surface area contributed by atoms with Crippen LogP contribution in [0.5, 0.6) is 5.75 Å². The number of carbonyl (C=O) groups is 1. The number of rotatable bonds is 3. The van der Waals surface area contributed by atoms with Gasteiger partial charge in [-0.3, -0.25) is 9.69 Å². The van der Waals surface area contributed by atoms with Gasteiger partial charge in [0.1, 0.15) is 5.75 Å². The Labute approximate surface area is 113 Å². The number of carbonyl (C=O) groups excluding carboxylic acids is 1. The SMILES string of the molecule is O=C(CN1CCOC2CCCC21)c1ccc(O)cc1. The number of aromatic hydroxyl groups is 1. The van der Waals surface area contributed by atoms with Crippen LogP contribution in [0.1, 0.15) is 29.6 Å². The zero-order chi connectivity index (χ0) is 13.2. The van der Waals surface area contributed by atoms with E-state index in [4.69, 9.17) is 4.74 Å². The summed E-state index contributed by atoms with van der Waals surface area (Å²) in [6, 6.07) is 6.90. The van der Waals surface area contributed by atoms with Crippen LogP contribution in [0.2, 0.25) is 0 Å². The number of ketones is 1. The summed E-state index contributed by atoms with van der Waals surface area (Å²) in [5.74, 6) is 0.311. The summed E-state index contributed by atoms with van der Waals surface area (Å²) in [4.78, 5) is 14.5. The minimum absolute atomic E-state index is 0.118. The normalized spacial score (nSPS) is 27.2. The number of nitrogens with zero attached hydrogens (tertiary/aromatic N) is 1. The molecule has 1 aliphatic heterocycles. The molecular formula is C15H19NO3. The first kappa shape index (κ1) is 12.6. The monoisotopic (exact) mass is 261 g/mol. The van der Waals surface area contributed by atoms with Crippen LogP contribution in [0.4, 0.5) is 0 Å². The molecule has 4 nitrogen and oxygen atoms in total. The molecule has 0 amide bonds. The van der Waals surface area contributed by atoms with Crippen molar-refractivity contribution in [2.75, 3.05) is 19.7 Å². The number of phenols is 1. The third-order valence-electron chi connectivity index (χ3n) is 4.13. The van der Waals surface area contributed by atoms with Gasteiger partial charge in [-0.25, -0.2) is 0 Å². The van der Waals surface area contributed by atoms with E-state index in [0.29, 0.717) is 24.3 Å². The van der Waals surface area contributed by atoms with Gasteiger partial charge in [-0.05, 0) is 43.5 Å². The molecule has 1 saturated carbocycles. The summed E-state index contributed by atoms with van der Waals surface area (Å²) >= 11 is 0. The number of Topliss-reactive ketones (excluding diaryl/α,β-unsaturated/α-hetero) is 1. The standard InChI is InChI=1S/C15H19NO3/c17-12-6-4-11(5-7-12)14(18)10-16-8-9-19-15-3-1-2-13(15)16/h4-7,13,15,17H,1-3,8-10H2. The van der Waals surface area contributed by atoms with Crippen molar-refractivity contribution < 1.29 is 14.6 Å². The maximum absolute atomic E-state index is 12.2. The minimum Gasteiger partial charge on any atom is -0.508 e. The van der Waals surface area contributed by atoms with Gasteiger partial charge in [0.25, 0.3) is 0 Å². The molecule has 0 radical (unpaired) electrons. The van der Waals surface area contributed by atoms with Crippen LogP contribution in [0.15, 0.2) is 24.3 Å². The Kier molecular flexibility index (Phi) is 3.53. The van der Waals surface area contributed by atoms with Crippen molar-refractivity contribution >= 4 is 5.78 Å². The van der Waals surface area contributed by atoms with Gasteiger partial charge in [0, 0.05) is 18.2 Å². The Morgan fingerprint density at radius 3 is 2.89 bits per heavy atom. The fourth-order valence-corrected chi connectivity index (χ4v) is 3.13. The van der Waals surface area contributed by atoms with Gasteiger partial charge < -0.3 is 9.84 Å². The van der Waals surface area contributed by atoms with Gasteiger partial charge in [-0.1, -0.05) is 0 Å². The molecule has 1 N–H and O–H groups in total. The summed E-state index contributed by atoms with van der Waals surface area (Å²) in [6.07, 6.45) is 3.77. The molecule has 2 aliphatic rings. The Bertz CT molecular complexity index is 457. The fraction of sp³-hybridized carbons (Fsp3) is 0.533. The Hall–Kier alpha value is -1.39. The fourth-order valence-electron chi connectivity index (χ4n) is 3.13. The highest BCUT2D eigenvalue weighted by Gasteiger charge is 2.36. The van der Waals surface area contributed by atoms with Crippen molar-refractivity contribution in [2.45, 2.75) is 31.4 Å². The average Bonchev–Trinajstić information content (AvgIpc) is 2.89. The smallest absolute Gasteiger partial charge is 0.176 e. The maximum atomic E-state index is 12.2. The van der Waals surface area contributed by atoms with Crippen molar-refractivity contribution in [3.63, 3.8) is 0 Å². The van der Waals surface area contributed by atoms with Gasteiger partial charge in [-0.15, -0.1) is 0 Å². The molecule has 1 aromatic carbocycles. The lowest BCUT2D eigenvalue weighted by atomic mass is 10.1. The van der Waals surface area contributed by atoms with Crippen molar-refractivity contribution in [3.8, 4) is 5.75 Å². The molecule has 102 valence electrons. The van der Waals surface area contributed by atoms with Crippen LogP contribution in [0, 0.1) is 0 Å². The lowest BCUT2D eigenvalue weighted by molar-refractivity contribution is -0.0522. The molecule has 1 aromatic rings. The molecular weight excluding hydrogens is 242 g/mol. The van der Waals surface area contributed by atoms with E-state index in [2.05, 4.69) is 4.90 Å². The number of phenolic OH excluding ortho intramolecular Hbond substituents is 1. The Balaban J connectivity index is 1.67. The molecule has 2 fully saturated rings. The summed E-state index contributed by atoms with van der Waals surface area (Å²) in [7, 11) is 0. The van der Waals surface area contributed by atoms with E-state index in [-0.39, 0.29) is 11.5 Å². The number of fused-ring (bicyclic) bond motifs is 1. The molecule has 2 unspecified atom stereocenters. The highest BCUT2D eigenvalue weighted by molar-refractivity contribution is 5.97. The molecule has 19 heavy (non-hydrogen) atoms. The van der Waals surface area contributed by atoms with E-state index in [1.54, 1.807) is 24.3 Å². The Morgan fingerprint density at radius 1 is 1.32 bits per heavy atom. The van der Waals surface area contributed by atoms with Crippen molar-refractivity contribution in [1.29, 1.82) is 0 Å². The van der Waals surface area contributed by atoms with Crippen molar-refractivity contribution in [2.24, 2.45) is 0 Å². The average molecular weight is 261 g/mol. The van der Waals surface area contributed by atoms with Gasteiger partial charge in [-0.2, -0.15) is 0 Å². The topological polar surface area (TPSA) is 49.8 Å². The van der Waals surface area contributed by atoms with Gasteiger partial charge in [0.15, 0.2) is 5.78 Å². The number of hydrogen-bond donors (Lipinski definition) is 1. The predicted molar refractivity (Wildman–Crippen MR) is 71.4 cm³/mol. The van der Waals surface area contributed by atoms with E-state index < -0.39 is 0 Å². The van der Waals surface area contributed by atoms with E-state index in [0.717, 1.165) is 26.0 Å². The lowest BCUT2D eigenvalue weighted by Gasteiger charge is -2.37. The number of benzene rings is 1. The summed E-state index contributed by atoms with van der Waals surface area (Å²) < 4.78 is 5.75. The number of hydrogen-bond acceptors (Lipinski definition) is 4. The molecule has 1 aliphatic carbocycles. The van der Waals surface area contributed by atoms with Crippen LogP contribution in [-0.4, -0.2) is 47.6 Å². The summed E-state index contributed by atoms with van der Waals surface area (Å²) in [6.45, 7) is 2.02. The third-order valence-corrected chi connectivity index (χ3v) is 4.13. The minimum atomic E-state index is 0.118. The van der Waals surface area contributed by atoms with Crippen LogP contribution in [0.25, 0.3) is 0 Å².